The van der Waals surface area contributed by atoms with Crippen molar-refractivity contribution in [3.05, 3.63) is 58.0 Å². The molecule has 35 heavy (non-hydrogen) atoms. The van der Waals surface area contributed by atoms with Crippen LogP contribution in [0.1, 0.15) is 51.5 Å². The number of amidine groups is 1. The van der Waals surface area contributed by atoms with Gasteiger partial charge in [-0.25, -0.2) is 4.99 Å². The number of nitrogens with zero attached hydrogens (tertiary/aromatic N) is 4. The molecule has 3 aliphatic rings. The van der Waals surface area contributed by atoms with Gasteiger partial charge in [-0.3, -0.25) is 9.69 Å². The Morgan fingerprint density at radius 2 is 1.91 bits per heavy atom. The van der Waals surface area contributed by atoms with Gasteiger partial charge in [0.25, 0.3) is 5.91 Å². The van der Waals surface area contributed by atoms with Crippen LogP contribution in [0.5, 0.6) is 0 Å². The third-order valence-corrected chi connectivity index (χ3v) is 8.94. The van der Waals surface area contributed by atoms with E-state index in [4.69, 9.17) is 4.99 Å². The number of carbonyl (C=O) groups excluding carboxylic acids is 1. The fourth-order valence-corrected chi connectivity index (χ4v) is 7.35. The molecule has 0 spiro atoms. The molecule has 8 heteroatoms. The number of nitriles is 1. The zero-order valence-electron chi connectivity index (χ0n) is 20.1. The zero-order chi connectivity index (χ0) is 24.4. The predicted octanol–water partition coefficient (Wildman–Crippen LogP) is 6.69. The fourth-order valence-electron chi connectivity index (χ4n) is 4.91. The lowest BCUT2D eigenvalue weighted by atomic mass is 9.94. The molecule has 2 aromatic carbocycles. The molecule has 2 aromatic rings. The van der Waals surface area contributed by atoms with Gasteiger partial charge in [-0.1, -0.05) is 43.2 Å². The van der Waals surface area contributed by atoms with E-state index in [1.165, 1.54) is 23.1 Å². The summed E-state index contributed by atoms with van der Waals surface area (Å²) in [6.45, 7) is 5.70. The number of hydrogen-bond acceptors (Lipinski definition) is 7. The molecule has 0 unspecified atom stereocenters. The molecule has 0 bridgehead atoms. The van der Waals surface area contributed by atoms with Crippen molar-refractivity contribution in [3.63, 3.8) is 0 Å². The summed E-state index contributed by atoms with van der Waals surface area (Å²) < 4.78 is 0. The van der Waals surface area contributed by atoms with Crippen LogP contribution in [0.4, 0.5) is 17.1 Å². The first-order valence-electron chi connectivity index (χ1n) is 12.3. The van der Waals surface area contributed by atoms with E-state index >= 15 is 0 Å². The van der Waals surface area contributed by atoms with Gasteiger partial charge in [0.05, 0.1) is 28.7 Å². The second-order valence-corrected chi connectivity index (χ2v) is 10.8. The third-order valence-electron chi connectivity index (χ3n) is 6.58. The standard InChI is InChI=1S/C27H29N5OS2/c1-3-29-20-15-14-18(17-28)16-21(20)30-27-32(19-10-6-5-7-11-19)25(33)24(35-27)26-31(4-2)22-12-8-9-13-23(22)34-26/h8-9,12-16,19,29H,3-7,10-11H2,1-2H3. The number of fused-ring (bicyclic) bond motifs is 1. The molecule has 1 saturated heterocycles. The van der Waals surface area contributed by atoms with Gasteiger partial charge in [-0.05, 0) is 68.8 Å². The van der Waals surface area contributed by atoms with Crippen LogP contribution in [0, 0.1) is 11.3 Å². The van der Waals surface area contributed by atoms with E-state index in [1.807, 2.05) is 30.0 Å². The van der Waals surface area contributed by atoms with Crippen molar-refractivity contribution in [2.75, 3.05) is 23.3 Å². The van der Waals surface area contributed by atoms with Crippen LogP contribution in [0.3, 0.4) is 0 Å². The van der Waals surface area contributed by atoms with Crippen LogP contribution in [-0.4, -0.2) is 35.1 Å². The Labute approximate surface area is 215 Å². The van der Waals surface area contributed by atoms with Crippen molar-refractivity contribution in [1.82, 2.24) is 4.90 Å². The number of amides is 1. The number of nitrogens with one attached hydrogen (secondary N) is 1. The maximum Gasteiger partial charge on any atom is 0.269 e. The number of anilines is 2. The Bertz CT molecular complexity index is 1240. The van der Waals surface area contributed by atoms with Gasteiger partial charge in [-0.2, -0.15) is 5.26 Å². The number of thioether (sulfide) groups is 2. The molecular weight excluding hydrogens is 474 g/mol. The van der Waals surface area contributed by atoms with Crippen molar-refractivity contribution >= 4 is 51.7 Å². The minimum Gasteiger partial charge on any atom is -0.384 e. The lowest BCUT2D eigenvalue weighted by molar-refractivity contribution is -0.124. The lowest BCUT2D eigenvalue weighted by Crippen LogP contribution is -2.40. The topological polar surface area (TPSA) is 71.7 Å². The highest BCUT2D eigenvalue weighted by Crippen LogP contribution is 2.51. The Balaban J connectivity index is 1.60. The van der Waals surface area contributed by atoms with Crippen LogP contribution in [0.25, 0.3) is 0 Å². The van der Waals surface area contributed by atoms with E-state index in [2.05, 4.69) is 35.3 Å². The molecule has 1 amide bonds. The van der Waals surface area contributed by atoms with E-state index < -0.39 is 0 Å². The van der Waals surface area contributed by atoms with E-state index in [9.17, 15) is 10.1 Å². The van der Waals surface area contributed by atoms with Crippen molar-refractivity contribution in [3.8, 4) is 6.07 Å². The molecular formula is C27H29N5OS2. The number of carbonyl (C=O) groups is 1. The van der Waals surface area contributed by atoms with Crippen molar-refractivity contribution in [2.45, 2.75) is 56.9 Å². The Kier molecular flexibility index (Phi) is 7.07. The average Bonchev–Trinajstić information content (AvgIpc) is 3.42. The summed E-state index contributed by atoms with van der Waals surface area (Å²) in [5.41, 5.74) is 3.28. The normalized spacial score (nSPS) is 21.5. The summed E-state index contributed by atoms with van der Waals surface area (Å²) in [5.74, 6) is 0.0517. The molecule has 6 nitrogen and oxygen atoms in total. The monoisotopic (exact) mass is 503 g/mol. The second kappa shape index (κ2) is 10.4. The molecule has 2 heterocycles. The van der Waals surface area contributed by atoms with Gasteiger partial charge in [-0.15, -0.1) is 0 Å². The van der Waals surface area contributed by atoms with Gasteiger partial charge in [0, 0.05) is 24.0 Å². The fraction of sp³-hybridized carbons (Fsp3) is 0.370. The summed E-state index contributed by atoms with van der Waals surface area (Å²) in [6.07, 6.45) is 5.47. The molecule has 0 aromatic heterocycles. The second-order valence-electron chi connectivity index (χ2n) is 8.79. The molecule has 5 rings (SSSR count). The average molecular weight is 504 g/mol. The van der Waals surface area contributed by atoms with Crippen molar-refractivity contribution in [2.24, 2.45) is 4.99 Å². The van der Waals surface area contributed by atoms with E-state index in [0.717, 1.165) is 60.1 Å². The van der Waals surface area contributed by atoms with Gasteiger partial charge in [0.15, 0.2) is 5.17 Å². The maximum absolute atomic E-state index is 14.0. The highest BCUT2D eigenvalue weighted by Gasteiger charge is 2.43. The zero-order valence-corrected chi connectivity index (χ0v) is 21.7. The lowest BCUT2D eigenvalue weighted by Gasteiger charge is -2.30. The van der Waals surface area contributed by atoms with E-state index in [-0.39, 0.29) is 11.9 Å². The molecule has 180 valence electrons. The first-order valence-corrected chi connectivity index (χ1v) is 13.9. The summed E-state index contributed by atoms with van der Waals surface area (Å²) in [4.78, 5) is 25.1. The molecule has 2 fully saturated rings. The smallest absolute Gasteiger partial charge is 0.269 e. The van der Waals surface area contributed by atoms with Crippen LogP contribution < -0.4 is 10.2 Å². The highest BCUT2D eigenvalue weighted by molar-refractivity contribution is 8.19. The van der Waals surface area contributed by atoms with Gasteiger partial charge in [0.1, 0.15) is 9.93 Å². The maximum atomic E-state index is 14.0. The Morgan fingerprint density at radius 1 is 1.11 bits per heavy atom. The molecule has 1 N–H and O–H groups in total. The number of para-hydroxylation sites is 1. The van der Waals surface area contributed by atoms with Gasteiger partial charge in [0.2, 0.25) is 0 Å². The van der Waals surface area contributed by atoms with E-state index in [0.29, 0.717) is 16.4 Å². The molecule has 0 atom stereocenters. The Morgan fingerprint density at radius 3 is 2.66 bits per heavy atom. The summed E-state index contributed by atoms with van der Waals surface area (Å²) in [6, 6.07) is 16.2. The number of hydrogen-bond donors (Lipinski definition) is 1. The summed E-state index contributed by atoms with van der Waals surface area (Å²) >= 11 is 3.15. The van der Waals surface area contributed by atoms with Crippen LogP contribution in [0.2, 0.25) is 0 Å². The van der Waals surface area contributed by atoms with Gasteiger partial charge >= 0.3 is 0 Å². The Hall–Kier alpha value is -2.89. The SMILES string of the molecule is CCNc1ccc(C#N)cc1N=C1SC(=C2Sc3ccccc3N2CC)C(=O)N1C1CCCCC1. The number of aliphatic imine (C=N–C) groups is 1. The molecule has 1 saturated carbocycles. The number of benzene rings is 2. The minimum absolute atomic E-state index is 0.0517. The van der Waals surface area contributed by atoms with Crippen molar-refractivity contribution < 1.29 is 4.79 Å². The van der Waals surface area contributed by atoms with Crippen LogP contribution in [-0.2, 0) is 4.79 Å². The molecule has 0 radical (unpaired) electrons. The van der Waals surface area contributed by atoms with Crippen molar-refractivity contribution in [1.29, 1.82) is 5.26 Å². The van der Waals surface area contributed by atoms with Crippen LogP contribution in [0.15, 0.2) is 62.3 Å². The largest absolute Gasteiger partial charge is 0.384 e. The highest BCUT2D eigenvalue weighted by atomic mass is 32.2. The minimum atomic E-state index is 0.0517. The first-order chi connectivity index (χ1) is 17.1. The molecule has 1 aliphatic carbocycles. The van der Waals surface area contributed by atoms with Crippen LogP contribution >= 0.6 is 23.5 Å². The third kappa shape index (κ3) is 4.55. The summed E-state index contributed by atoms with van der Waals surface area (Å²) in [5, 5.41) is 14.5. The predicted molar refractivity (Wildman–Crippen MR) is 146 cm³/mol. The molecule has 2 aliphatic heterocycles. The first kappa shape index (κ1) is 23.8. The summed E-state index contributed by atoms with van der Waals surface area (Å²) in [7, 11) is 0. The van der Waals surface area contributed by atoms with Gasteiger partial charge < -0.3 is 10.2 Å². The quantitative estimate of drug-likeness (QED) is 0.459. The van der Waals surface area contributed by atoms with E-state index in [1.54, 1.807) is 23.9 Å². The number of rotatable bonds is 5.